The molecule has 0 radical (unpaired) electrons. The number of hydrogen-bond donors (Lipinski definition) is 1. The first-order valence-corrected chi connectivity index (χ1v) is 5.47. The number of benzene rings is 2. The Labute approximate surface area is 105 Å². The molecule has 2 aromatic rings. The van der Waals surface area contributed by atoms with Crippen molar-refractivity contribution in [1.82, 2.24) is 0 Å². The lowest BCUT2D eigenvalue weighted by atomic mass is 10.1. The van der Waals surface area contributed by atoms with Gasteiger partial charge in [0.2, 0.25) is 0 Å². The van der Waals surface area contributed by atoms with Gasteiger partial charge in [-0.3, -0.25) is 4.79 Å². The van der Waals surface area contributed by atoms with Crippen LogP contribution in [0.3, 0.4) is 0 Å². The summed E-state index contributed by atoms with van der Waals surface area (Å²) >= 11 is 0. The summed E-state index contributed by atoms with van der Waals surface area (Å²) in [6.45, 7) is 0. The van der Waals surface area contributed by atoms with E-state index in [0.29, 0.717) is 5.56 Å². The Balaban J connectivity index is 2.29. The normalized spacial score (nSPS) is 10.1. The molecule has 0 fully saturated rings. The fraction of sp³-hybridized carbons (Fsp3) is 0.0714. The van der Waals surface area contributed by atoms with Gasteiger partial charge in [0.1, 0.15) is 5.82 Å². The van der Waals surface area contributed by atoms with E-state index in [1.54, 1.807) is 7.05 Å². The van der Waals surface area contributed by atoms with E-state index in [0.717, 1.165) is 5.69 Å². The molecule has 4 heteroatoms. The van der Waals surface area contributed by atoms with Crippen LogP contribution in [-0.2, 0) is 0 Å². The second-order valence-corrected chi connectivity index (χ2v) is 3.94. The van der Waals surface area contributed by atoms with Crippen molar-refractivity contribution in [2.24, 2.45) is 0 Å². The molecule has 3 nitrogen and oxygen atoms in total. The third-order valence-corrected chi connectivity index (χ3v) is 2.69. The fourth-order valence-electron chi connectivity index (χ4n) is 1.64. The van der Waals surface area contributed by atoms with Crippen molar-refractivity contribution in [3.8, 4) is 0 Å². The van der Waals surface area contributed by atoms with Gasteiger partial charge in [0.15, 0.2) is 0 Å². The van der Waals surface area contributed by atoms with Crippen molar-refractivity contribution in [3.63, 3.8) is 0 Å². The van der Waals surface area contributed by atoms with E-state index in [4.69, 9.17) is 5.73 Å². The van der Waals surface area contributed by atoms with Gasteiger partial charge >= 0.3 is 0 Å². The number of anilines is 2. The number of nitrogens with two attached hydrogens (primary N) is 1. The number of para-hydroxylation sites is 1. The van der Waals surface area contributed by atoms with Crippen LogP contribution in [0, 0.1) is 5.82 Å². The van der Waals surface area contributed by atoms with Gasteiger partial charge in [-0.25, -0.2) is 4.39 Å². The summed E-state index contributed by atoms with van der Waals surface area (Å²) in [4.78, 5) is 13.6. The van der Waals surface area contributed by atoms with Gasteiger partial charge < -0.3 is 10.6 Å². The van der Waals surface area contributed by atoms with E-state index in [1.165, 1.54) is 23.1 Å². The molecule has 2 N–H and O–H groups in total. The monoisotopic (exact) mass is 244 g/mol. The zero-order chi connectivity index (χ0) is 13.1. The molecule has 0 aliphatic carbocycles. The predicted octanol–water partition coefficient (Wildman–Crippen LogP) is 2.68. The number of halogens is 1. The van der Waals surface area contributed by atoms with E-state index < -0.39 is 5.82 Å². The molecule has 18 heavy (non-hydrogen) atoms. The smallest absolute Gasteiger partial charge is 0.258 e. The third-order valence-electron chi connectivity index (χ3n) is 2.69. The predicted molar refractivity (Wildman–Crippen MR) is 70.0 cm³/mol. The zero-order valence-corrected chi connectivity index (χ0v) is 9.93. The van der Waals surface area contributed by atoms with E-state index in [-0.39, 0.29) is 11.6 Å². The Morgan fingerprint density at radius 3 is 2.44 bits per heavy atom. The first-order chi connectivity index (χ1) is 8.59. The SMILES string of the molecule is CN(C(=O)c1ccc(F)c(N)c1)c1ccccc1. The van der Waals surface area contributed by atoms with Gasteiger partial charge in [-0.05, 0) is 30.3 Å². The topological polar surface area (TPSA) is 46.3 Å². The Hall–Kier alpha value is -2.36. The number of nitrogen functional groups attached to an aromatic ring is 1. The summed E-state index contributed by atoms with van der Waals surface area (Å²) in [5.41, 5.74) is 6.56. The first kappa shape index (κ1) is 12.1. The maximum Gasteiger partial charge on any atom is 0.258 e. The lowest BCUT2D eigenvalue weighted by molar-refractivity contribution is 0.0993. The lowest BCUT2D eigenvalue weighted by Crippen LogP contribution is -2.26. The summed E-state index contributed by atoms with van der Waals surface area (Å²) < 4.78 is 13.0. The Morgan fingerprint density at radius 2 is 1.83 bits per heavy atom. The summed E-state index contributed by atoms with van der Waals surface area (Å²) in [5, 5.41) is 0. The quantitative estimate of drug-likeness (QED) is 0.825. The van der Waals surface area contributed by atoms with Crippen molar-refractivity contribution in [1.29, 1.82) is 0 Å². The van der Waals surface area contributed by atoms with Crippen LogP contribution in [0.4, 0.5) is 15.8 Å². The minimum absolute atomic E-state index is 0.0256. The van der Waals surface area contributed by atoms with Crippen LogP contribution in [0.25, 0.3) is 0 Å². The molecule has 0 heterocycles. The van der Waals surface area contributed by atoms with Crippen LogP contribution in [0.2, 0.25) is 0 Å². The van der Waals surface area contributed by atoms with E-state index in [9.17, 15) is 9.18 Å². The summed E-state index contributed by atoms with van der Waals surface area (Å²) in [5.74, 6) is -0.748. The average Bonchev–Trinajstić information content (AvgIpc) is 2.41. The fourth-order valence-corrected chi connectivity index (χ4v) is 1.64. The van der Waals surface area contributed by atoms with Gasteiger partial charge in [-0.1, -0.05) is 18.2 Å². The second kappa shape index (κ2) is 4.87. The van der Waals surface area contributed by atoms with E-state index >= 15 is 0 Å². The maximum absolute atomic E-state index is 13.0. The van der Waals surface area contributed by atoms with Gasteiger partial charge in [0.05, 0.1) is 5.69 Å². The minimum atomic E-state index is -0.520. The maximum atomic E-state index is 13.0. The molecule has 0 aliphatic rings. The van der Waals surface area contributed by atoms with Crippen LogP contribution in [-0.4, -0.2) is 13.0 Å². The molecule has 0 aliphatic heterocycles. The molecule has 0 aromatic heterocycles. The average molecular weight is 244 g/mol. The molecule has 92 valence electrons. The third kappa shape index (κ3) is 2.32. The van der Waals surface area contributed by atoms with Gasteiger partial charge in [0, 0.05) is 18.3 Å². The molecule has 0 spiro atoms. The number of nitrogens with zero attached hydrogens (tertiary/aromatic N) is 1. The summed E-state index contributed by atoms with van der Waals surface area (Å²) in [6, 6.07) is 13.2. The molecule has 2 rings (SSSR count). The second-order valence-electron chi connectivity index (χ2n) is 3.94. The van der Waals surface area contributed by atoms with E-state index in [2.05, 4.69) is 0 Å². The molecule has 1 amide bonds. The first-order valence-electron chi connectivity index (χ1n) is 5.47. The molecular weight excluding hydrogens is 231 g/mol. The molecular formula is C14H13FN2O. The molecule has 0 bridgehead atoms. The molecule has 0 atom stereocenters. The van der Waals surface area contributed by atoms with Crippen LogP contribution >= 0.6 is 0 Å². The highest BCUT2D eigenvalue weighted by Crippen LogP contribution is 2.17. The zero-order valence-electron chi connectivity index (χ0n) is 9.93. The van der Waals surface area contributed by atoms with Crippen LogP contribution < -0.4 is 10.6 Å². The largest absolute Gasteiger partial charge is 0.396 e. The number of carbonyl (C=O) groups excluding carboxylic acids is 1. The number of rotatable bonds is 2. The summed E-state index contributed by atoms with van der Waals surface area (Å²) in [7, 11) is 1.66. The molecule has 0 unspecified atom stereocenters. The van der Waals surface area contributed by atoms with Crippen molar-refractivity contribution >= 4 is 17.3 Å². The highest BCUT2D eigenvalue weighted by molar-refractivity contribution is 6.06. The minimum Gasteiger partial charge on any atom is -0.396 e. The van der Waals surface area contributed by atoms with Crippen LogP contribution in [0.5, 0.6) is 0 Å². The Kier molecular flexibility index (Phi) is 3.28. The Morgan fingerprint density at radius 1 is 1.17 bits per heavy atom. The van der Waals surface area contributed by atoms with Gasteiger partial charge in [-0.2, -0.15) is 0 Å². The van der Waals surface area contributed by atoms with Crippen LogP contribution in [0.1, 0.15) is 10.4 Å². The Bertz CT molecular complexity index is 569. The molecule has 0 saturated heterocycles. The van der Waals surface area contributed by atoms with Gasteiger partial charge in [0.25, 0.3) is 5.91 Å². The highest BCUT2D eigenvalue weighted by atomic mass is 19.1. The standard InChI is InChI=1S/C14H13FN2O/c1-17(11-5-3-2-4-6-11)14(18)10-7-8-12(15)13(16)9-10/h2-9H,16H2,1H3. The molecule has 2 aromatic carbocycles. The van der Waals surface area contributed by atoms with Crippen molar-refractivity contribution < 1.29 is 9.18 Å². The molecule has 0 saturated carbocycles. The van der Waals surface area contributed by atoms with Crippen molar-refractivity contribution in [2.75, 3.05) is 17.7 Å². The number of carbonyl (C=O) groups is 1. The van der Waals surface area contributed by atoms with Crippen molar-refractivity contribution in [2.45, 2.75) is 0 Å². The highest BCUT2D eigenvalue weighted by Gasteiger charge is 2.14. The number of hydrogen-bond acceptors (Lipinski definition) is 2. The van der Waals surface area contributed by atoms with Gasteiger partial charge in [-0.15, -0.1) is 0 Å². The van der Waals surface area contributed by atoms with Crippen molar-refractivity contribution in [3.05, 3.63) is 59.9 Å². The summed E-state index contributed by atoms with van der Waals surface area (Å²) in [6.07, 6.45) is 0. The van der Waals surface area contributed by atoms with E-state index in [1.807, 2.05) is 30.3 Å². The number of amides is 1. The lowest BCUT2D eigenvalue weighted by Gasteiger charge is -2.17. The van der Waals surface area contributed by atoms with Crippen LogP contribution in [0.15, 0.2) is 48.5 Å².